The number of amides is 2. The molecule has 0 fully saturated rings. The Hall–Kier alpha value is -3.55. The number of nitrogens with zero attached hydrogens (tertiary/aromatic N) is 3. The van der Waals surface area contributed by atoms with E-state index in [1.54, 1.807) is 7.11 Å². The number of benzene rings is 2. The number of likely N-dealkylation sites (N-methyl/N-ethyl adjacent to an activating group) is 1. The van der Waals surface area contributed by atoms with Gasteiger partial charge in [-0.3, -0.25) is 0 Å². The number of rotatable bonds is 3. The quantitative estimate of drug-likeness (QED) is 0.351. The van der Waals surface area contributed by atoms with E-state index in [1.807, 2.05) is 41.4 Å². The van der Waals surface area contributed by atoms with E-state index < -0.39 is 0 Å². The lowest BCUT2D eigenvalue weighted by atomic mass is 10.00. The van der Waals surface area contributed by atoms with Crippen LogP contribution >= 0.6 is 11.3 Å². The molecule has 1 N–H and O–H groups in total. The highest BCUT2D eigenvalue weighted by Gasteiger charge is 2.36. The van der Waals surface area contributed by atoms with Crippen molar-refractivity contribution in [2.24, 2.45) is 0 Å². The molecule has 0 spiro atoms. The minimum atomic E-state index is -0.243. The van der Waals surface area contributed by atoms with E-state index in [4.69, 9.17) is 4.74 Å². The molecule has 37 heavy (non-hydrogen) atoms. The average Bonchev–Trinajstić information content (AvgIpc) is 3.47. The normalized spacial score (nSPS) is 17.0. The van der Waals surface area contributed by atoms with E-state index in [2.05, 4.69) is 71.4 Å². The van der Waals surface area contributed by atoms with Gasteiger partial charge in [-0.1, -0.05) is 24.3 Å². The number of thiophene rings is 1. The molecule has 0 aliphatic carbocycles. The topological polar surface area (TPSA) is 49.7 Å². The Bertz CT molecular complexity index is 1470. The van der Waals surface area contributed by atoms with Crippen LogP contribution in [0.15, 0.2) is 60.8 Å². The molecule has 6 nitrogen and oxygen atoms in total. The monoisotopic (exact) mass is 512 g/mol. The van der Waals surface area contributed by atoms with Crippen LogP contribution < -0.4 is 10.1 Å². The number of urea groups is 1. The second kappa shape index (κ2) is 9.39. The molecule has 1 atom stereocenters. The fourth-order valence-electron chi connectivity index (χ4n) is 5.55. The molecule has 2 aromatic carbocycles. The molecular formula is C30H32N4O2S. The SMILES string of the molecule is COc1ccc([C@@H]2c3cccn3-c3sc4c(c3CN2C(=O)Nc2cc(C)ccc2C)CCN(C)C4)cc1. The van der Waals surface area contributed by atoms with Crippen LogP contribution in [0.25, 0.3) is 5.00 Å². The number of aromatic nitrogens is 1. The number of nitrogens with one attached hydrogen (secondary N) is 1. The summed E-state index contributed by atoms with van der Waals surface area (Å²) in [4.78, 5) is 19.9. The Morgan fingerprint density at radius 3 is 2.65 bits per heavy atom. The van der Waals surface area contributed by atoms with Crippen molar-refractivity contribution in [2.75, 3.05) is 26.0 Å². The van der Waals surface area contributed by atoms with E-state index in [-0.39, 0.29) is 12.1 Å². The van der Waals surface area contributed by atoms with Gasteiger partial charge in [0.15, 0.2) is 0 Å². The lowest BCUT2D eigenvalue weighted by Gasteiger charge is -2.32. The van der Waals surface area contributed by atoms with Gasteiger partial charge in [-0.05, 0) is 79.9 Å². The van der Waals surface area contributed by atoms with Gasteiger partial charge in [-0.25, -0.2) is 4.79 Å². The maximum Gasteiger partial charge on any atom is 0.322 e. The predicted molar refractivity (Wildman–Crippen MR) is 149 cm³/mol. The van der Waals surface area contributed by atoms with Crippen molar-refractivity contribution in [3.8, 4) is 10.8 Å². The molecule has 2 aliphatic rings. The summed E-state index contributed by atoms with van der Waals surface area (Å²) in [7, 11) is 3.85. The molecule has 0 saturated heterocycles. The van der Waals surface area contributed by atoms with Gasteiger partial charge >= 0.3 is 6.03 Å². The van der Waals surface area contributed by atoms with Gasteiger partial charge in [-0.2, -0.15) is 0 Å². The van der Waals surface area contributed by atoms with Gasteiger partial charge in [0, 0.05) is 35.4 Å². The Morgan fingerprint density at radius 1 is 1.05 bits per heavy atom. The summed E-state index contributed by atoms with van der Waals surface area (Å²) in [5.74, 6) is 0.802. The first-order chi connectivity index (χ1) is 17.9. The van der Waals surface area contributed by atoms with Crippen molar-refractivity contribution in [2.45, 2.75) is 39.4 Å². The highest BCUT2D eigenvalue weighted by molar-refractivity contribution is 7.15. The zero-order valence-electron chi connectivity index (χ0n) is 21.7. The van der Waals surface area contributed by atoms with E-state index in [0.717, 1.165) is 53.3 Å². The summed E-state index contributed by atoms with van der Waals surface area (Å²) in [6, 6.07) is 18.2. The summed E-state index contributed by atoms with van der Waals surface area (Å²) in [5.41, 5.74) is 7.86. The Balaban J connectivity index is 1.49. The standard InChI is InChI=1S/C30H32N4O2S/c1-19-7-8-20(2)25(16-19)31-30(35)34-17-24-23-13-15-32(3)18-27(23)37-29(24)33-14-5-6-26(33)28(34)21-9-11-22(36-4)12-10-21/h5-12,14,16,28H,13,15,17-18H2,1-4H3,(H,31,35)/t28-/m1/s1. The fraction of sp³-hybridized carbons (Fsp3) is 0.300. The van der Waals surface area contributed by atoms with Gasteiger partial charge in [0.2, 0.25) is 0 Å². The van der Waals surface area contributed by atoms with Gasteiger partial charge < -0.3 is 24.4 Å². The number of hydrogen-bond donors (Lipinski definition) is 1. The van der Waals surface area contributed by atoms with Crippen LogP contribution in [0, 0.1) is 13.8 Å². The van der Waals surface area contributed by atoms with Crippen molar-refractivity contribution in [1.29, 1.82) is 0 Å². The van der Waals surface area contributed by atoms with E-state index in [0.29, 0.717) is 6.54 Å². The molecule has 2 aromatic heterocycles. The van der Waals surface area contributed by atoms with Gasteiger partial charge in [0.05, 0.1) is 25.4 Å². The number of methoxy groups -OCH3 is 1. The molecular weight excluding hydrogens is 480 g/mol. The zero-order valence-corrected chi connectivity index (χ0v) is 22.6. The summed E-state index contributed by atoms with van der Waals surface area (Å²) < 4.78 is 7.73. The second-order valence-electron chi connectivity index (χ2n) is 10.1. The van der Waals surface area contributed by atoms with Crippen LogP contribution in [0.4, 0.5) is 10.5 Å². The number of carbonyl (C=O) groups excluding carboxylic acids is 1. The Labute approximate surface area is 222 Å². The highest BCUT2D eigenvalue weighted by Crippen LogP contribution is 2.43. The highest BCUT2D eigenvalue weighted by atomic mass is 32.1. The van der Waals surface area contributed by atoms with Crippen LogP contribution in [0.3, 0.4) is 0 Å². The summed E-state index contributed by atoms with van der Waals surface area (Å²) >= 11 is 1.87. The molecule has 2 aliphatic heterocycles. The Kier molecular flexibility index (Phi) is 6.05. The number of ether oxygens (including phenoxy) is 1. The minimum Gasteiger partial charge on any atom is -0.497 e. The van der Waals surface area contributed by atoms with Crippen molar-refractivity contribution >= 4 is 23.1 Å². The van der Waals surface area contributed by atoms with Crippen molar-refractivity contribution in [3.05, 3.63) is 99.2 Å². The van der Waals surface area contributed by atoms with Crippen LogP contribution in [-0.2, 0) is 19.5 Å². The number of anilines is 1. The largest absolute Gasteiger partial charge is 0.497 e. The third-order valence-electron chi connectivity index (χ3n) is 7.58. The number of hydrogen-bond acceptors (Lipinski definition) is 4. The van der Waals surface area contributed by atoms with E-state index >= 15 is 0 Å². The third-order valence-corrected chi connectivity index (χ3v) is 8.84. The van der Waals surface area contributed by atoms with Crippen molar-refractivity contribution in [1.82, 2.24) is 14.4 Å². The van der Waals surface area contributed by atoms with Gasteiger partial charge in [0.1, 0.15) is 10.8 Å². The lowest BCUT2D eigenvalue weighted by molar-refractivity contribution is 0.194. The average molecular weight is 513 g/mol. The minimum absolute atomic E-state index is 0.0944. The van der Waals surface area contributed by atoms with Gasteiger partial charge in [-0.15, -0.1) is 11.3 Å². The molecule has 190 valence electrons. The smallest absolute Gasteiger partial charge is 0.322 e. The van der Waals surface area contributed by atoms with E-state index in [1.165, 1.54) is 21.0 Å². The maximum atomic E-state index is 14.2. The molecule has 7 heteroatoms. The Morgan fingerprint density at radius 2 is 1.86 bits per heavy atom. The molecule has 0 unspecified atom stereocenters. The van der Waals surface area contributed by atoms with Crippen molar-refractivity contribution in [3.63, 3.8) is 0 Å². The molecule has 4 heterocycles. The van der Waals surface area contributed by atoms with Crippen LogP contribution in [0.2, 0.25) is 0 Å². The number of fused-ring (bicyclic) bond motifs is 5. The first-order valence-electron chi connectivity index (χ1n) is 12.7. The fourth-order valence-corrected chi connectivity index (χ4v) is 6.99. The molecule has 2 amide bonds. The zero-order chi connectivity index (χ0) is 25.7. The molecule has 0 radical (unpaired) electrons. The summed E-state index contributed by atoms with van der Waals surface area (Å²) in [5, 5.41) is 4.49. The first-order valence-corrected chi connectivity index (χ1v) is 13.5. The predicted octanol–water partition coefficient (Wildman–Crippen LogP) is 6.29. The van der Waals surface area contributed by atoms with Crippen LogP contribution in [0.1, 0.15) is 44.4 Å². The van der Waals surface area contributed by atoms with Gasteiger partial charge in [0.25, 0.3) is 0 Å². The second-order valence-corrected chi connectivity index (χ2v) is 11.2. The molecule has 6 rings (SSSR count). The third kappa shape index (κ3) is 4.22. The van der Waals surface area contributed by atoms with Crippen LogP contribution in [0.5, 0.6) is 5.75 Å². The number of aryl methyl sites for hydroxylation is 2. The lowest BCUT2D eigenvalue weighted by Crippen LogP contribution is -2.38. The van der Waals surface area contributed by atoms with E-state index in [9.17, 15) is 4.79 Å². The number of carbonyl (C=O) groups is 1. The first kappa shape index (κ1) is 23.8. The summed E-state index contributed by atoms with van der Waals surface area (Å²) in [6.07, 6.45) is 3.15. The van der Waals surface area contributed by atoms with Crippen LogP contribution in [-0.4, -0.2) is 41.1 Å². The maximum absolute atomic E-state index is 14.2. The molecule has 0 bridgehead atoms. The summed E-state index contributed by atoms with van der Waals surface area (Å²) in [6.45, 7) is 6.63. The molecule has 0 saturated carbocycles. The molecule has 4 aromatic rings. The van der Waals surface area contributed by atoms with Crippen molar-refractivity contribution < 1.29 is 9.53 Å².